The number of nitrogens with one attached hydrogen (secondary N) is 2. The van der Waals surface area contributed by atoms with Crippen LogP contribution in [0.15, 0.2) is 18.2 Å². The smallest absolute Gasteiger partial charge is 0.238 e. The predicted octanol–water partition coefficient (Wildman–Crippen LogP) is 1.30. The number of carbonyl (C=O) groups is 1. The Labute approximate surface area is 147 Å². The van der Waals surface area contributed by atoms with Gasteiger partial charge in [0.25, 0.3) is 0 Å². The summed E-state index contributed by atoms with van der Waals surface area (Å²) in [6.07, 6.45) is 2.76. The van der Waals surface area contributed by atoms with E-state index in [2.05, 4.69) is 10.0 Å². The lowest BCUT2D eigenvalue weighted by Gasteiger charge is -2.32. The first-order valence-corrected chi connectivity index (χ1v) is 9.87. The molecule has 1 fully saturated rings. The number of hydrogen-bond acceptors (Lipinski definition) is 5. The molecule has 1 amide bonds. The van der Waals surface area contributed by atoms with Crippen LogP contribution >= 0.6 is 11.6 Å². The molecule has 0 saturated carbocycles. The molecular weight excluding hydrogens is 354 g/mol. The van der Waals surface area contributed by atoms with Crippen LogP contribution in [0.4, 0.5) is 5.69 Å². The predicted molar refractivity (Wildman–Crippen MR) is 94.1 cm³/mol. The summed E-state index contributed by atoms with van der Waals surface area (Å²) in [5.74, 6) is 0.372. The van der Waals surface area contributed by atoms with Gasteiger partial charge in [0.2, 0.25) is 15.9 Å². The van der Waals surface area contributed by atoms with Gasteiger partial charge < -0.3 is 10.1 Å². The summed E-state index contributed by atoms with van der Waals surface area (Å²) in [7, 11) is -1.71. The van der Waals surface area contributed by atoms with Gasteiger partial charge in [-0.15, -0.1) is 0 Å². The van der Waals surface area contributed by atoms with E-state index in [0.717, 1.165) is 25.6 Å². The molecule has 1 aliphatic rings. The van der Waals surface area contributed by atoms with Gasteiger partial charge in [0.15, 0.2) is 0 Å². The van der Waals surface area contributed by atoms with Crippen LogP contribution in [-0.4, -0.2) is 58.3 Å². The summed E-state index contributed by atoms with van der Waals surface area (Å²) < 4.78 is 30.3. The highest BCUT2D eigenvalue weighted by Crippen LogP contribution is 2.27. The minimum Gasteiger partial charge on any atom is -0.495 e. The SMILES string of the molecule is COc1ccc(NC(=O)CN2CCC[C@H](NS(C)(=O)=O)C2)cc1Cl. The third-order valence-corrected chi connectivity index (χ3v) is 4.75. The van der Waals surface area contributed by atoms with Crippen LogP contribution in [0.3, 0.4) is 0 Å². The van der Waals surface area contributed by atoms with Crippen molar-refractivity contribution >= 4 is 33.2 Å². The van der Waals surface area contributed by atoms with Gasteiger partial charge in [-0.3, -0.25) is 9.69 Å². The summed E-state index contributed by atoms with van der Waals surface area (Å²) in [6.45, 7) is 1.48. The number of nitrogens with zero attached hydrogens (tertiary/aromatic N) is 1. The number of sulfonamides is 1. The molecule has 0 aliphatic carbocycles. The molecule has 2 rings (SSSR count). The molecule has 1 aromatic rings. The van der Waals surface area contributed by atoms with Crippen molar-refractivity contribution in [3.63, 3.8) is 0 Å². The zero-order valence-electron chi connectivity index (χ0n) is 13.7. The van der Waals surface area contributed by atoms with E-state index in [-0.39, 0.29) is 18.5 Å². The van der Waals surface area contributed by atoms with Crippen LogP contribution in [0, 0.1) is 0 Å². The minimum absolute atomic E-state index is 0.156. The van der Waals surface area contributed by atoms with Gasteiger partial charge in [0, 0.05) is 18.3 Å². The Morgan fingerprint density at radius 1 is 1.46 bits per heavy atom. The van der Waals surface area contributed by atoms with E-state index in [9.17, 15) is 13.2 Å². The van der Waals surface area contributed by atoms with Crippen molar-refractivity contribution in [3.8, 4) is 5.75 Å². The highest BCUT2D eigenvalue weighted by molar-refractivity contribution is 7.88. The van der Waals surface area contributed by atoms with E-state index in [0.29, 0.717) is 23.0 Å². The lowest BCUT2D eigenvalue weighted by atomic mass is 10.1. The highest BCUT2D eigenvalue weighted by atomic mass is 35.5. The molecule has 9 heteroatoms. The van der Waals surface area contributed by atoms with Crippen molar-refractivity contribution in [1.82, 2.24) is 9.62 Å². The van der Waals surface area contributed by atoms with Crippen molar-refractivity contribution in [1.29, 1.82) is 0 Å². The maximum absolute atomic E-state index is 12.2. The quantitative estimate of drug-likeness (QED) is 0.782. The molecule has 24 heavy (non-hydrogen) atoms. The summed E-state index contributed by atoms with van der Waals surface area (Å²) in [6, 6.07) is 4.87. The molecule has 1 aromatic carbocycles. The fourth-order valence-corrected chi connectivity index (χ4v) is 3.80. The third kappa shape index (κ3) is 5.94. The third-order valence-electron chi connectivity index (χ3n) is 3.69. The largest absolute Gasteiger partial charge is 0.495 e. The molecule has 1 aliphatic heterocycles. The summed E-state index contributed by atoms with van der Waals surface area (Å²) in [5.41, 5.74) is 0.591. The Hall–Kier alpha value is -1.35. The standard InChI is InChI=1S/C15H22ClN3O4S/c1-23-14-6-5-11(8-13(14)16)17-15(20)10-19-7-3-4-12(9-19)18-24(2,21)22/h5-6,8,12,18H,3-4,7,9-10H2,1-2H3,(H,17,20)/t12-/m0/s1. The molecule has 0 unspecified atom stereocenters. The Morgan fingerprint density at radius 3 is 2.83 bits per heavy atom. The number of piperidine rings is 1. The number of carbonyl (C=O) groups excluding carboxylic acids is 1. The fourth-order valence-electron chi connectivity index (χ4n) is 2.75. The second-order valence-electron chi connectivity index (χ2n) is 5.86. The van der Waals surface area contributed by atoms with Crippen molar-refractivity contribution in [2.75, 3.05) is 38.3 Å². The van der Waals surface area contributed by atoms with Gasteiger partial charge in [-0.05, 0) is 37.6 Å². The molecule has 0 aromatic heterocycles. The zero-order valence-corrected chi connectivity index (χ0v) is 15.3. The molecule has 1 saturated heterocycles. The normalized spacial score (nSPS) is 19.0. The van der Waals surface area contributed by atoms with E-state index < -0.39 is 10.0 Å². The van der Waals surface area contributed by atoms with Crippen LogP contribution in [0.5, 0.6) is 5.75 Å². The number of ether oxygens (including phenoxy) is 1. The van der Waals surface area contributed by atoms with Crippen molar-refractivity contribution < 1.29 is 17.9 Å². The first-order valence-electron chi connectivity index (χ1n) is 7.60. The average molecular weight is 376 g/mol. The maximum Gasteiger partial charge on any atom is 0.238 e. The molecule has 7 nitrogen and oxygen atoms in total. The van der Waals surface area contributed by atoms with Crippen molar-refractivity contribution in [3.05, 3.63) is 23.2 Å². The molecule has 0 radical (unpaired) electrons. The summed E-state index contributed by atoms with van der Waals surface area (Å²) in [4.78, 5) is 14.1. The number of rotatable bonds is 6. The Bertz CT molecular complexity index is 696. The number of methoxy groups -OCH3 is 1. The summed E-state index contributed by atoms with van der Waals surface area (Å²) in [5, 5.41) is 3.21. The van der Waals surface area contributed by atoms with E-state index in [1.807, 2.05) is 4.90 Å². The van der Waals surface area contributed by atoms with Crippen LogP contribution < -0.4 is 14.8 Å². The average Bonchev–Trinajstić information content (AvgIpc) is 2.45. The number of anilines is 1. The van der Waals surface area contributed by atoms with Gasteiger partial charge in [-0.1, -0.05) is 11.6 Å². The molecule has 1 atom stereocenters. The minimum atomic E-state index is -3.24. The number of benzene rings is 1. The van der Waals surface area contributed by atoms with E-state index in [1.165, 1.54) is 7.11 Å². The molecule has 1 heterocycles. The van der Waals surface area contributed by atoms with E-state index >= 15 is 0 Å². The Morgan fingerprint density at radius 2 is 2.21 bits per heavy atom. The summed E-state index contributed by atoms with van der Waals surface area (Å²) >= 11 is 6.03. The van der Waals surface area contributed by atoms with Gasteiger partial charge in [-0.2, -0.15) is 0 Å². The number of halogens is 1. The fraction of sp³-hybridized carbons (Fsp3) is 0.533. The van der Waals surface area contributed by atoms with Crippen LogP contribution in [0.25, 0.3) is 0 Å². The molecular formula is C15H22ClN3O4S. The molecule has 0 bridgehead atoms. The van der Waals surface area contributed by atoms with Crippen LogP contribution in [0.2, 0.25) is 5.02 Å². The monoisotopic (exact) mass is 375 g/mol. The van der Waals surface area contributed by atoms with E-state index in [4.69, 9.17) is 16.3 Å². The molecule has 0 spiro atoms. The van der Waals surface area contributed by atoms with Gasteiger partial charge >= 0.3 is 0 Å². The van der Waals surface area contributed by atoms with Crippen LogP contribution in [0.1, 0.15) is 12.8 Å². The number of hydrogen-bond donors (Lipinski definition) is 2. The Kier molecular flexibility index (Phi) is 6.45. The number of likely N-dealkylation sites (tertiary alicyclic amines) is 1. The molecule has 2 N–H and O–H groups in total. The van der Waals surface area contributed by atoms with Gasteiger partial charge in [-0.25, -0.2) is 13.1 Å². The molecule has 134 valence electrons. The van der Waals surface area contributed by atoms with E-state index in [1.54, 1.807) is 18.2 Å². The second-order valence-corrected chi connectivity index (χ2v) is 8.05. The first kappa shape index (κ1) is 19.0. The highest BCUT2D eigenvalue weighted by Gasteiger charge is 2.23. The number of amides is 1. The lowest BCUT2D eigenvalue weighted by molar-refractivity contribution is -0.117. The Balaban J connectivity index is 1.88. The topological polar surface area (TPSA) is 87.7 Å². The zero-order chi connectivity index (χ0) is 17.7. The first-order chi connectivity index (χ1) is 11.3. The van der Waals surface area contributed by atoms with Gasteiger partial charge in [0.1, 0.15) is 5.75 Å². The van der Waals surface area contributed by atoms with Crippen molar-refractivity contribution in [2.24, 2.45) is 0 Å². The van der Waals surface area contributed by atoms with Gasteiger partial charge in [0.05, 0.1) is 24.9 Å². The maximum atomic E-state index is 12.2. The second kappa shape index (κ2) is 8.15. The lowest BCUT2D eigenvalue weighted by Crippen LogP contribution is -2.49. The van der Waals surface area contributed by atoms with Crippen molar-refractivity contribution in [2.45, 2.75) is 18.9 Å². The van der Waals surface area contributed by atoms with Crippen LogP contribution in [-0.2, 0) is 14.8 Å².